The molecule has 21 heavy (non-hydrogen) atoms. The van der Waals surface area contributed by atoms with Gasteiger partial charge < -0.3 is 10.2 Å². The molecule has 1 N–H and O–H groups in total. The van der Waals surface area contributed by atoms with Gasteiger partial charge in [0.15, 0.2) is 0 Å². The predicted octanol–water partition coefficient (Wildman–Crippen LogP) is 2.07. The number of benzene rings is 1. The summed E-state index contributed by atoms with van der Waals surface area (Å²) < 4.78 is 0. The molecule has 1 aromatic rings. The number of nitrogens with one attached hydrogen (secondary N) is 1. The number of thioether (sulfide) groups is 1. The lowest BCUT2D eigenvalue weighted by Gasteiger charge is -2.29. The molecule has 112 valence electrons. The molecule has 5 heteroatoms. The summed E-state index contributed by atoms with van der Waals surface area (Å²) in [7, 11) is 0. The maximum absolute atomic E-state index is 12.4. The third kappa shape index (κ3) is 2.67. The average molecular weight is 304 g/mol. The molecule has 0 saturated carbocycles. The van der Waals surface area contributed by atoms with Gasteiger partial charge in [-0.1, -0.05) is 29.8 Å². The maximum atomic E-state index is 12.4. The van der Waals surface area contributed by atoms with Crippen molar-refractivity contribution in [2.75, 3.05) is 5.75 Å². The standard InChI is InChI=1S/C16H20N2O2S/c1-11-4-3-5-12(8-11)9-17-15(20)13-10-21-16(2)7-6-14(19)18(13)16/h3-5,8,13H,6-7,9-10H2,1-2H3,(H,17,20)/t13-,16-/m0/s1. The van der Waals surface area contributed by atoms with Crippen molar-refractivity contribution in [3.8, 4) is 0 Å². The molecule has 0 bridgehead atoms. The average Bonchev–Trinajstić information content (AvgIpc) is 2.94. The first-order valence-corrected chi connectivity index (χ1v) is 8.27. The van der Waals surface area contributed by atoms with Crippen LogP contribution in [0.4, 0.5) is 0 Å². The Labute approximate surface area is 129 Å². The van der Waals surface area contributed by atoms with Gasteiger partial charge >= 0.3 is 0 Å². The molecule has 3 rings (SSSR count). The number of fused-ring (bicyclic) bond motifs is 1. The summed E-state index contributed by atoms with van der Waals surface area (Å²) in [6.07, 6.45) is 1.41. The van der Waals surface area contributed by atoms with Gasteiger partial charge in [-0.3, -0.25) is 9.59 Å². The third-order valence-corrected chi connectivity index (χ3v) is 5.80. The van der Waals surface area contributed by atoms with Crippen molar-refractivity contribution >= 4 is 23.6 Å². The van der Waals surface area contributed by atoms with Crippen molar-refractivity contribution in [2.24, 2.45) is 0 Å². The van der Waals surface area contributed by atoms with Crippen molar-refractivity contribution in [1.29, 1.82) is 0 Å². The summed E-state index contributed by atoms with van der Waals surface area (Å²) in [6.45, 7) is 4.62. The Bertz CT molecular complexity index is 589. The van der Waals surface area contributed by atoms with Crippen molar-refractivity contribution in [3.63, 3.8) is 0 Å². The van der Waals surface area contributed by atoms with Gasteiger partial charge in [-0.25, -0.2) is 0 Å². The molecule has 0 aromatic heterocycles. The Kier molecular flexibility index (Phi) is 3.69. The van der Waals surface area contributed by atoms with E-state index in [9.17, 15) is 9.59 Å². The first-order chi connectivity index (χ1) is 9.99. The topological polar surface area (TPSA) is 49.4 Å². The number of carbonyl (C=O) groups is 2. The van der Waals surface area contributed by atoms with E-state index in [1.165, 1.54) is 5.56 Å². The van der Waals surface area contributed by atoms with Gasteiger partial charge in [0.25, 0.3) is 0 Å². The Morgan fingerprint density at radius 3 is 3.10 bits per heavy atom. The fourth-order valence-corrected chi connectivity index (χ4v) is 4.58. The van der Waals surface area contributed by atoms with Crippen LogP contribution in [0.1, 0.15) is 30.9 Å². The van der Waals surface area contributed by atoms with Gasteiger partial charge in [0.2, 0.25) is 11.8 Å². The molecule has 0 radical (unpaired) electrons. The zero-order valence-electron chi connectivity index (χ0n) is 12.4. The number of carbonyl (C=O) groups excluding carboxylic acids is 2. The molecule has 2 amide bonds. The second kappa shape index (κ2) is 5.37. The lowest BCUT2D eigenvalue weighted by atomic mass is 10.1. The second-order valence-corrected chi connectivity index (χ2v) is 7.47. The molecule has 2 fully saturated rings. The van der Waals surface area contributed by atoms with Crippen molar-refractivity contribution < 1.29 is 9.59 Å². The van der Waals surface area contributed by atoms with Crippen LogP contribution in [-0.2, 0) is 16.1 Å². The zero-order chi connectivity index (χ0) is 15.0. The largest absolute Gasteiger partial charge is 0.350 e. The Hall–Kier alpha value is -1.49. The van der Waals surface area contributed by atoms with E-state index in [0.29, 0.717) is 18.7 Å². The van der Waals surface area contributed by atoms with Crippen LogP contribution in [-0.4, -0.2) is 33.4 Å². The minimum atomic E-state index is -0.320. The van der Waals surface area contributed by atoms with Crippen molar-refractivity contribution in [2.45, 2.75) is 44.1 Å². The van der Waals surface area contributed by atoms with E-state index in [1.807, 2.05) is 25.1 Å². The van der Waals surface area contributed by atoms with Gasteiger partial charge in [0.05, 0.1) is 4.87 Å². The molecule has 4 nitrogen and oxygen atoms in total. The lowest BCUT2D eigenvalue weighted by molar-refractivity contribution is -0.138. The highest BCUT2D eigenvalue weighted by molar-refractivity contribution is 8.01. The summed E-state index contributed by atoms with van der Waals surface area (Å²) in [6, 6.07) is 7.77. The van der Waals surface area contributed by atoms with E-state index < -0.39 is 0 Å². The van der Waals surface area contributed by atoms with Crippen LogP contribution in [0.5, 0.6) is 0 Å². The van der Waals surface area contributed by atoms with E-state index in [-0.39, 0.29) is 22.7 Å². The smallest absolute Gasteiger partial charge is 0.243 e. The highest BCUT2D eigenvalue weighted by Gasteiger charge is 2.52. The predicted molar refractivity (Wildman–Crippen MR) is 83.8 cm³/mol. The van der Waals surface area contributed by atoms with Crippen LogP contribution < -0.4 is 5.32 Å². The van der Waals surface area contributed by atoms with Gasteiger partial charge in [-0.05, 0) is 25.8 Å². The Balaban J connectivity index is 1.65. The van der Waals surface area contributed by atoms with Gasteiger partial charge in [-0.15, -0.1) is 11.8 Å². The van der Waals surface area contributed by atoms with Gasteiger partial charge in [0.1, 0.15) is 6.04 Å². The molecule has 0 unspecified atom stereocenters. The first-order valence-electron chi connectivity index (χ1n) is 7.29. The monoisotopic (exact) mass is 304 g/mol. The number of nitrogens with zero attached hydrogens (tertiary/aromatic N) is 1. The molecular formula is C16H20N2O2S. The minimum absolute atomic E-state index is 0.0389. The summed E-state index contributed by atoms with van der Waals surface area (Å²) in [5.41, 5.74) is 2.27. The van der Waals surface area contributed by atoms with Crippen LogP contribution in [0, 0.1) is 6.92 Å². The van der Waals surface area contributed by atoms with Crippen molar-refractivity contribution in [1.82, 2.24) is 10.2 Å². The summed E-state index contributed by atoms with van der Waals surface area (Å²) in [5, 5.41) is 2.97. The molecule has 2 atom stereocenters. The van der Waals surface area contributed by atoms with Gasteiger partial charge in [-0.2, -0.15) is 0 Å². The summed E-state index contributed by atoms with van der Waals surface area (Å²) in [5.74, 6) is 0.767. The van der Waals surface area contributed by atoms with Gasteiger partial charge in [0, 0.05) is 18.7 Å². The number of aryl methyl sites for hydroxylation is 1. The summed E-state index contributed by atoms with van der Waals surface area (Å²) in [4.78, 5) is 26.1. The van der Waals surface area contributed by atoms with Crippen LogP contribution in [0.25, 0.3) is 0 Å². The number of rotatable bonds is 3. The number of amides is 2. The number of hydrogen-bond acceptors (Lipinski definition) is 3. The van der Waals surface area contributed by atoms with Crippen LogP contribution in [0.3, 0.4) is 0 Å². The SMILES string of the molecule is Cc1cccc(CNC(=O)[C@@H]2CS[C@@]3(C)CCC(=O)N23)c1. The van der Waals surface area contributed by atoms with E-state index >= 15 is 0 Å². The lowest BCUT2D eigenvalue weighted by Crippen LogP contribution is -2.49. The van der Waals surface area contributed by atoms with E-state index in [1.54, 1.807) is 16.7 Å². The number of hydrogen-bond donors (Lipinski definition) is 1. The minimum Gasteiger partial charge on any atom is -0.350 e. The van der Waals surface area contributed by atoms with Crippen LogP contribution in [0.2, 0.25) is 0 Å². The molecule has 2 saturated heterocycles. The normalized spacial score (nSPS) is 27.8. The highest BCUT2D eigenvalue weighted by Crippen LogP contribution is 2.47. The fourth-order valence-electron chi connectivity index (χ4n) is 3.14. The Morgan fingerprint density at radius 1 is 1.52 bits per heavy atom. The molecule has 2 heterocycles. The molecule has 0 spiro atoms. The highest BCUT2D eigenvalue weighted by atomic mass is 32.2. The third-order valence-electron chi connectivity index (χ3n) is 4.30. The van der Waals surface area contributed by atoms with Crippen LogP contribution in [0.15, 0.2) is 24.3 Å². The van der Waals surface area contributed by atoms with E-state index in [0.717, 1.165) is 12.0 Å². The summed E-state index contributed by atoms with van der Waals surface area (Å²) >= 11 is 1.72. The maximum Gasteiger partial charge on any atom is 0.243 e. The molecule has 0 aliphatic carbocycles. The van der Waals surface area contributed by atoms with E-state index in [4.69, 9.17) is 0 Å². The second-order valence-electron chi connectivity index (χ2n) is 5.97. The fraction of sp³-hybridized carbons (Fsp3) is 0.500. The Morgan fingerprint density at radius 2 is 2.33 bits per heavy atom. The molecule has 1 aromatic carbocycles. The van der Waals surface area contributed by atoms with Crippen molar-refractivity contribution in [3.05, 3.63) is 35.4 Å². The quantitative estimate of drug-likeness (QED) is 0.930. The zero-order valence-corrected chi connectivity index (χ0v) is 13.2. The molecular weight excluding hydrogens is 284 g/mol. The van der Waals surface area contributed by atoms with Crippen LogP contribution >= 0.6 is 11.8 Å². The first kappa shape index (κ1) is 14.4. The molecule has 2 aliphatic rings. The molecule has 2 aliphatic heterocycles. The van der Waals surface area contributed by atoms with E-state index in [2.05, 4.69) is 18.3 Å².